The summed E-state index contributed by atoms with van der Waals surface area (Å²) in [6, 6.07) is 0. The molecule has 2 N–H and O–H groups in total. The molecule has 0 bridgehead atoms. The molecule has 5 nitrogen and oxygen atoms in total. The number of methoxy groups -OCH3 is 1. The number of rotatable bonds is 2. The van der Waals surface area contributed by atoms with Crippen LogP contribution in [0.3, 0.4) is 0 Å². The van der Waals surface area contributed by atoms with E-state index in [1.165, 1.54) is 0 Å². The molecule has 1 heterocycles. The summed E-state index contributed by atoms with van der Waals surface area (Å²) in [5, 5.41) is 9.15. The summed E-state index contributed by atoms with van der Waals surface area (Å²) in [5.41, 5.74) is -2.62. The molecule has 1 aromatic heterocycles. The number of alkyl halides is 2. The number of H-pyrrole nitrogens is 1. The number of carbonyl (C=O) groups is 1. The van der Waals surface area contributed by atoms with Gasteiger partial charge in [0.25, 0.3) is 12.0 Å². The van der Waals surface area contributed by atoms with Crippen molar-refractivity contribution >= 4 is 5.97 Å². The summed E-state index contributed by atoms with van der Waals surface area (Å²) < 4.78 is 29.0. The van der Waals surface area contributed by atoms with Gasteiger partial charge in [-0.3, -0.25) is 4.79 Å². The van der Waals surface area contributed by atoms with Gasteiger partial charge in [0, 0.05) is 6.20 Å². The molecule has 82 valence electrons. The molecule has 0 aromatic carbocycles. The van der Waals surface area contributed by atoms with Gasteiger partial charge in [-0.2, -0.15) is 0 Å². The molecule has 0 radical (unpaired) electrons. The summed E-state index contributed by atoms with van der Waals surface area (Å²) in [6.07, 6.45) is -2.33. The van der Waals surface area contributed by atoms with Gasteiger partial charge in [0.05, 0.1) is 12.7 Å². The minimum absolute atomic E-state index is 0.666. The van der Waals surface area contributed by atoms with Crippen molar-refractivity contribution in [1.82, 2.24) is 4.98 Å². The van der Waals surface area contributed by atoms with E-state index in [2.05, 4.69) is 4.74 Å². The Balaban J connectivity index is 3.48. The third kappa shape index (κ3) is 1.95. The molecule has 0 fully saturated rings. The fourth-order valence-electron chi connectivity index (χ4n) is 1.02. The first-order valence-corrected chi connectivity index (χ1v) is 3.80. The maximum absolute atomic E-state index is 12.4. The maximum Gasteiger partial charge on any atom is 0.342 e. The van der Waals surface area contributed by atoms with E-state index in [9.17, 15) is 18.4 Å². The van der Waals surface area contributed by atoms with Crippen LogP contribution in [0.5, 0.6) is 5.75 Å². The van der Waals surface area contributed by atoms with Gasteiger partial charge in [-0.05, 0) is 0 Å². The van der Waals surface area contributed by atoms with Crippen LogP contribution in [0.4, 0.5) is 8.78 Å². The number of nitrogens with one attached hydrogen (secondary N) is 1. The number of esters is 1. The van der Waals surface area contributed by atoms with Crippen molar-refractivity contribution in [3.63, 3.8) is 0 Å². The van der Waals surface area contributed by atoms with Gasteiger partial charge in [-0.25, -0.2) is 13.6 Å². The van der Waals surface area contributed by atoms with Crippen LogP contribution in [0.1, 0.15) is 22.3 Å². The second kappa shape index (κ2) is 4.07. The van der Waals surface area contributed by atoms with Gasteiger partial charge < -0.3 is 14.8 Å². The van der Waals surface area contributed by atoms with E-state index >= 15 is 0 Å². The van der Waals surface area contributed by atoms with Crippen molar-refractivity contribution in [2.45, 2.75) is 6.43 Å². The minimum Gasteiger partial charge on any atom is -0.502 e. The van der Waals surface area contributed by atoms with Gasteiger partial charge in [-0.15, -0.1) is 0 Å². The highest BCUT2D eigenvalue weighted by atomic mass is 19.3. The van der Waals surface area contributed by atoms with Crippen LogP contribution in [-0.4, -0.2) is 23.2 Å². The standard InChI is InChI=1S/C8H7F2NO4/c1-15-8(14)4-3(6(9)10)2-11-7(13)5(4)12/h2,6,12H,1H3,(H,11,13). The SMILES string of the molecule is COC(=O)c1c(C(F)F)c[nH]c(=O)c1O. The van der Waals surface area contributed by atoms with Crippen LogP contribution >= 0.6 is 0 Å². The van der Waals surface area contributed by atoms with Crippen LogP contribution < -0.4 is 5.56 Å². The molecule has 0 aliphatic heterocycles. The molecule has 1 rings (SSSR count). The average Bonchev–Trinajstić information content (AvgIpc) is 2.20. The van der Waals surface area contributed by atoms with Crippen molar-refractivity contribution in [2.24, 2.45) is 0 Å². The van der Waals surface area contributed by atoms with Gasteiger partial charge >= 0.3 is 5.97 Å². The van der Waals surface area contributed by atoms with E-state index in [1.807, 2.05) is 4.98 Å². The monoisotopic (exact) mass is 219 g/mol. The van der Waals surface area contributed by atoms with Crippen LogP contribution in [0.15, 0.2) is 11.0 Å². The Labute approximate surface area is 82.3 Å². The fourth-order valence-corrected chi connectivity index (χ4v) is 1.02. The summed E-state index contributed by atoms with van der Waals surface area (Å²) in [6.45, 7) is 0. The first kappa shape index (κ1) is 11.2. The molecule has 0 unspecified atom stereocenters. The maximum atomic E-state index is 12.4. The zero-order valence-corrected chi connectivity index (χ0v) is 7.58. The number of aromatic hydroxyl groups is 1. The van der Waals surface area contributed by atoms with Crippen LogP contribution in [0, 0.1) is 0 Å². The number of ether oxygens (including phenoxy) is 1. The number of halogens is 2. The van der Waals surface area contributed by atoms with Crippen molar-refractivity contribution in [3.05, 3.63) is 27.7 Å². The zero-order valence-electron chi connectivity index (χ0n) is 7.58. The Morgan fingerprint density at radius 1 is 1.60 bits per heavy atom. The number of pyridine rings is 1. The lowest BCUT2D eigenvalue weighted by atomic mass is 10.1. The molecule has 0 aliphatic rings. The Bertz CT molecular complexity index is 441. The summed E-state index contributed by atoms with van der Waals surface area (Å²) >= 11 is 0. The number of aromatic nitrogens is 1. The number of carbonyl (C=O) groups excluding carboxylic acids is 1. The predicted octanol–water partition coefficient (Wildman–Crippen LogP) is 0.805. The second-order valence-corrected chi connectivity index (χ2v) is 2.59. The van der Waals surface area contributed by atoms with E-state index in [1.54, 1.807) is 0 Å². The third-order valence-electron chi connectivity index (χ3n) is 1.72. The van der Waals surface area contributed by atoms with Gasteiger partial charge in [0.15, 0.2) is 5.75 Å². The predicted molar refractivity (Wildman–Crippen MR) is 45.0 cm³/mol. The summed E-state index contributed by atoms with van der Waals surface area (Å²) in [5.74, 6) is -2.26. The lowest BCUT2D eigenvalue weighted by Gasteiger charge is -2.07. The summed E-state index contributed by atoms with van der Waals surface area (Å²) in [7, 11) is 0.957. The molecular formula is C8H7F2NO4. The van der Waals surface area contributed by atoms with E-state index in [0.717, 1.165) is 7.11 Å². The van der Waals surface area contributed by atoms with E-state index in [4.69, 9.17) is 5.11 Å². The normalized spacial score (nSPS) is 10.4. The number of aromatic amines is 1. The van der Waals surface area contributed by atoms with Crippen LogP contribution in [0.25, 0.3) is 0 Å². The van der Waals surface area contributed by atoms with E-state index in [-0.39, 0.29) is 0 Å². The number of hydrogen-bond donors (Lipinski definition) is 2. The third-order valence-corrected chi connectivity index (χ3v) is 1.72. The molecule has 0 saturated carbocycles. The van der Waals surface area contributed by atoms with Crippen LogP contribution in [-0.2, 0) is 4.74 Å². The van der Waals surface area contributed by atoms with Crippen LogP contribution in [0.2, 0.25) is 0 Å². The van der Waals surface area contributed by atoms with Crippen molar-refractivity contribution < 1.29 is 23.4 Å². The lowest BCUT2D eigenvalue weighted by molar-refractivity contribution is 0.0584. The first-order chi connectivity index (χ1) is 6.99. The highest BCUT2D eigenvalue weighted by Gasteiger charge is 2.24. The Hall–Kier alpha value is -1.92. The van der Waals surface area contributed by atoms with Crippen molar-refractivity contribution in [2.75, 3.05) is 7.11 Å². The largest absolute Gasteiger partial charge is 0.502 e. The van der Waals surface area contributed by atoms with E-state index in [0.29, 0.717) is 6.20 Å². The van der Waals surface area contributed by atoms with Crippen molar-refractivity contribution in [1.29, 1.82) is 0 Å². The lowest BCUT2D eigenvalue weighted by Crippen LogP contribution is -2.15. The first-order valence-electron chi connectivity index (χ1n) is 3.80. The van der Waals surface area contributed by atoms with E-state index < -0.39 is 34.8 Å². The number of hydrogen-bond acceptors (Lipinski definition) is 4. The highest BCUT2D eigenvalue weighted by molar-refractivity contribution is 5.93. The highest BCUT2D eigenvalue weighted by Crippen LogP contribution is 2.26. The summed E-state index contributed by atoms with van der Waals surface area (Å²) in [4.78, 5) is 23.8. The Kier molecular flexibility index (Phi) is 3.03. The molecule has 15 heavy (non-hydrogen) atoms. The Morgan fingerprint density at radius 3 is 2.67 bits per heavy atom. The smallest absolute Gasteiger partial charge is 0.342 e. The Morgan fingerprint density at radius 2 is 2.20 bits per heavy atom. The zero-order chi connectivity index (χ0) is 11.6. The molecule has 7 heteroatoms. The fraction of sp³-hybridized carbons (Fsp3) is 0.250. The molecule has 0 amide bonds. The van der Waals surface area contributed by atoms with Gasteiger partial charge in [-0.1, -0.05) is 0 Å². The molecule has 0 atom stereocenters. The van der Waals surface area contributed by atoms with Gasteiger partial charge in [0.1, 0.15) is 5.56 Å². The topological polar surface area (TPSA) is 79.4 Å². The second-order valence-electron chi connectivity index (χ2n) is 2.59. The minimum atomic E-state index is -3.00. The molecule has 0 saturated heterocycles. The molecular weight excluding hydrogens is 212 g/mol. The quantitative estimate of drug-likeness (QED) is 0.721. The average molecular weight is 219 g/mol. The molecule has 0 aliphatic carbocycles. The molecule has 1 aromatic rings. The van der Waals surface area contributed by atoms with Crippen molar-refractivity contribution in [3.8, 4) is 5.75 Å². The van der Waals surface area contributed by atoms with Gasteiger partial charge in [0.2, 0.25) is 0 Å². The molecule has 0 spiro atoms.